The molecule has 128 valence electrons. The molecule has 0 bridgehead atoms. The van der Waals surface area contributed by atoms with Crippen molar-refractivity contribution in [2.45, 2.75) is 39.9 Å². The van der Waals surface area contributed by atoms with Gasteiger partial charge < -0.3 is 9.64 Å². The van der Waals surface area contributed by atoms with Gasteiger partial charge in [-0.15, -0.1) is 0 Å². The van der Waals surface area contributed by atoms with Crippen LogP contribution in [-0.2, 0) is 4.74 Å². The molecule has 1 aliphatic rings. The Labute approximate surface area is 141 Å². The third-order valence-electron chi connectivity index (χ3n) is 4.18. The molecule has 1 aliphatic heterocycles. The summed E-state index contributed by atoms with van der Waals surface area (Å²) in [6.45, 7) is 9.38. The van der Waals surface area contributed by atoms with E-state index in [0.29, 0.717) is 5.69 Å². The van der Waals surface area contributed by atoms with Gasteiger partial charge in [0.1, 0.15) is 5.69 Å². The third-order valence-corrected chi connectivity index (χ3v) is 4.18. The van der Waals surface area contributed by atoms with Crippen molar-refractivity contribution in [2.24, 2.45) is 0 Å². The molecule has 0 N–H and O–H groups in total. The van der Waals surface area contributed by atoms with Crippen molar-refractivity contribution in [3.05, 3.63) is 45.8 Å². The summed E-state index contributed by atoms with van der Waals surface area (Å²) in [6, 6.07) is 7.13. The van der Waals surface area contributed by atoms with E-state index in [1.165, 1.54) is 0 Å². The van der Waals surface area contributed by atoms with E-state index in [9.17, 15) is 10.1 Å². The van der Waals surface area contributed by atoms with Gasteiger partial charge in [-0.3, -0.25) is 10.1 Å². The average Bonchev–Trinajstić information content (AvgIpc) is 2.84. The summed E-state index contributed by atoms with van der Waals surface area (Å²) in [4.78, 5) is 13.3. The van der Waals surface area contributed by atoms with Gasteiger partial charge in [-0.05, 0) is 45.9 Å². The van der Waals surface area contributed by atoms with Crippen molar-refractivity contribution in [1.29, 1.82) is 0 Å². The summed E-state index contributed by atoms with van der Waals surface area (Å²) in [5.74, 6) is 0. The second-order valence-electron chi connectivity index (χ2n) is 6.43. The van der Waals surface area contributed by atoms with Gasteiger partial charge >= 0.3 is 0 Å². The van der Waals surface area contributed by atoms with Crippen LogP contribution in [0.1, 0.15) is 25.2 Å². The number of hydrogen-bond acceptors (Lipinski definition) is 5. The lowest BCUT2D eigenvalue weighted by atomic mass is 10.1. The Hall–Kier alpha value is -2.41. The molecular formula is C17H22N4O3. The molecule has 1 fully saturated rings. The monoisotopic (exact) mass is 330 g/mol. The van der Waals surface area contributed by atoms with Gasteiger partial charge in [-0.1, -0.05) is 0 Å². The fourth-order valence-electron chi connectivity index (χ4n) is 3.29. The molecular weight excluding hydrogens is 308 g/mol. The zero-order chi connectivity index (χ0) is 17.4. The van der Waals surface area contributed by atoms with E-state index in [1.807, 2.05) is 39.8 Å². The molecule has 1 saturated heterocycles. The van der Waals surface area contributed by atoms with E-state index < -0.39 is 0 Å². The van der Waals surface area contributed by atoms with E-state index in [2.05, 4.69) is 10.00 Å². The van der Waals surface area contributed by atoms with Gasteiger partial charge in [0.2, 0.25) is 0 Å². The van der Waals surface area contributed by atoms with Crippen LogP contribution in [-0.4, -0.2) is 40.0 Å². The number of aryl methyl sites for hydroxylation is 2. The van der Waals surface area contributed by atoms with Gasteiger partial charge in [-0.2, -0.15) is 5.10 Å². The predicted octanol–water partition coefficient (Wildman–Crippen LogP) is 3.01. The molecule has 3 rings (SSSR count). The van der Waals surface area contributed by atoms with Crippen molar-refractivity contribution in [2.75, 3.05) is 18.0 Å². The number of nitrogens with zero attached hydrogens (tertiary/aromatic N) is 4. The van der Waals surface area contributed by atoms with E-state index >= 15 is 0 Å². The van der Waals surface area contributed by atoms with Crippen LogP contribution in [0.5, 0.6) is 0 Å². The molecule has 0 spiro atoms. The summed E-state index contributed by atoms with van der Waals surface area (Å²) in [6.07, 6.45) is 0.252. The zero-order valence-corrected chi connectivity index (χ0v) is 14.4. The van der Waals surface area contributed by atoms with Crippen molar-refractivity contribution in [3.8, 4) is 5.69 Å². The number of morpholine rings is 1. The first-order valence-corrected chi connectivity index (χ1v) is 8.07. The van der Waals surface area contributed by atoms with E-state index in [-0.39, 0.29) is 22.8 Å². The molecule has 2 aromatic rings. The molecule has 0 radical (unpaired) electrons. The number of nitro benzene ring substituents is 1. The summed E-state index contributed by atoms with van der Waals surface area (Å²) < 4.78 is 7.41. The molecule has 0 amide bonds. The van der Waals surface area contributed by atoms with E-state index in [1.54, 1.807) is 16.8 Å². The molecule has 1 aromatic heterocycles. The van der Waals surface area contributed by atoms with Crippen LogP contribution in [0.4, 0.5) is 11.4 Å². The Balaban J connectivity index is 2.06. The maximum atomic E-state index is 11.4. The Bertz CT molecular complexity index is 761. The highest BCUT2D eigenvalue weighted by molar-refractivity contribution is 5.63. The second kappa shape index (κ2) is 6.24. The summed E-state index contributed by atoms with van der Waals surface area (Å²) in [5, 5.41) is 15.8. The van der Waals surface area contributed by atoms with Crippen LogP contribution in [0.25, 0.3) is 5.69 Å². The molecule has 24 heavy (non-hydrogen) atoms. The van der Waals surface area contributed by atoms with Gasteiger partial charge in [-0.25, -0.2) is 4.68 Å². The fourth-order valence-corrected chi connectivity index (χ4v) is 3.29. The number of aromatic nitrogens is 2. The van der Waals surface area contributed by atoms with Crippen LogP contribution in [0.15, 0.2) is 24.3 Å². The number of anilines is 1. The van der Waals surface area contributed by atoms with Crippen LogP contribution < -0.4 is 4.90 Å². The predicted molar refractivity (Wildman–Crippen MR) is 91.9 cm³/mol. The smallest absolute Gasteiger partial charge is 0.295 e. The quantitative estimate of drug-likeness (QED) is 0.639. The van der Waals surface area contributed by atoms with E-state index in [4.69, 9.17) is 4.74 Å². The number of benzene rings is 1. The number of hydrogen-bond donors (Lipinski definition) is 0. The molecule has 0 aliphatic carbocycles. The maximum absolute atomic E-state index is 11.4. The molecule has 0 saturated carbocycles. The largest absolute Gasteiger partial charge is 0.372 e. The zero-order valence-electron chi connectivity index (χ0n) is 14.4. The SMILES string of the molecule is Cc1cc(C)n(-c2cc(N3CC(C)OC(C)C3)ccc2[N+](=O)[O-])n1. The first kappa shape index (κ1) is 16.4. The highest BCUT2D eigenvalue weighted by atomic mass is 16.6. The first-order valence-electron chi connectivity index (χ1n) is 8.07. The summed E-state index contributed by atoms with van der Waals surface area (Å²) in [7, 11) is 0. The Kier molecular flexibility index (Phi) is 4.28. The standard InChI is InChI=1S/C17H22N4O3/c1-11-7-12(2)20(18-11)17-8-15(5-6-16(17)21(22)23)19-9-13(3)24-14(4)10-19/h5-8,13-14H,9-10H2,1-4H3. The lowest BCUT2D eigenvalue weighted by Gasteiger charge is -2.37. The molecule has 2 unspecified atom stereocenters. The Morgan fingerprint density at radius 2 is 1.88 bits per heavy atom. The lowest BCUT2D eigenvalue weighted by Crippen LogP contribution is -2.45. The van der Waals surface area contributed by atoms with Crippen LogP contribution in [0.3, 0.4) is 0 Å². The van der Waals surface area contributed by atoms with Crippen LogP contribution in [0, 0.1) is 24.0 Å². The molecule has 7 heteroatoms. The highest BCUT2D eigenvalue weighted by Crippen LogP contribution is 2.30. The minimum atomic E-state index is -0.361. The Morgan fingerprint density at radius 3 is 2.42 bits per heavy atom. The van der Waals surface area contributed by atoms with Crippen LogP contribution in [0.2, 0.25) is 0 Å². The number of ether oxygens (including phenoxy) is 1. The Morgan fingerprint density at radius 1 is 1.21 bits per heavy atom. The van der Waals surface area contributed by atoms with Crippen molar-refractivity contribution in [3.63, 3.8) is 0 Å². The number of rotatable bonds is 3. The summed E-state index contributed by atoms with van der Waals surface area (Å²) in [5.41, 5.74) is 3.21. The van der Waals surface area contributed by atoms with Gasteiger partial charge in [0.15, 0.2) is 0 Å². The minimum absolute atomic E-state index is 0.0549. The van der Waals surface area contributed by atoms with Crippen LogP contribution >= 0.6 is 0 Å². The lowest BCUT2D eigenvalue weighted by molar-refractivity contribution is -0.384. The molecule has 7 nitrogen and oxygen atoms in total. The molecule has 1 aromatic carbocycles. The maximum Gasteiger partial charge on any atom is 0.295 e. The van der Waals surface area contributed by atoms with E-state index in [0.717, 1.165) is 30.2 Å². The topological polar surface area (TPSA) is 73.4 Å². The molecule has 2 atom stereocenters. The minimum Gasteiger partial charge on any atom is -0.372 e. The summed E-state index contributed by atoms with van der Waals surface area (Å²) >= 11 is 0. The highest BCUT2D eigenvalue weighted by Gasteiger charge is 2.25. The van der Waals surface area contributed by atoms with Crippen molar-refractivity contribution < 1.29 is 9.66 Å². The third kappa shape index (κ3) is 3.12. The number of nitro groups is 1. The fraction of sp³-hybridized carbons (Fsp3) is 0.471. The van der Waals surface area contributed by atoms with Gasteiger partial charge in [0.05, 0.1) is 22.8 Å². The second-order valence-corrected chi connectivity index (χ2v) is 6.43. The van der Waals surface area contributed by atoms with Crippen molar-refractivity contribution >= 4 is 11.4 Å². The average molecular weight is 330 g/mol. The van der Waals surface area contributed by atoms with Gasteiger partial charge in [0.25, 0.3) is 5.69 Å². The first-order chi connectivity index (χ1) is 11.3. The normalized spacial score (nSPS) is 21.1. The molecule has 2 heterocycles. The van der Waals surface area contributed by atoms with Crippen molar-refractivity contribution in [1.82, 2.24) is 9.78 Å². The van der Waals surface area contributed by atoms with Gasteiger partial charge in [0, 0.05) is 30.5 Å².